The lowest BCUT2D eigenvalue weighted by Gasteiger charge is -2.39. The number of aliphatic hydroxyl groups is 2. The van der Waals surface area contributed by atoms with E-state index < -0.39 is 14.7 Å². The van der Waals surface area contributed by atoms with Gasteiger partial charge >= 0.3 is 8.56 Å². The van der Waals surface area contributed by atoms with E-state index in [0.29, 0.717) is 46.1 Å². The Morgan fingerprint density at radius 1 is 0.964 bits per heavy atom. The lowest BCUT2D eigenvalue weighted by Crippen LogP contribution is -2.52. The van der Waals surface area contributed by atoms with Gasteiger partial charge < -0.3 is 38.0 Å². The van der Waals surface area contributed by atoms with E-state index >= 15 is 0 Å². The van der Waals surface area contributed by atoms with Crippen molar-refractivity contribution >= 4 is 8.56 Å². The zero-order chi connectivity index (χ0) is 20.2. The number of ether oxygens (including phenoxy) is 4. The molecule has 2 aliphatic rings. The van der Waals surface area contributed by atoms with Crippen molar-refractivity contribution in [2.24, 2.45) is 0 Å². The summed E-state index contributed by atoms with van der Waals surface area (Å²) in [6, 6.07) is 0.721. The topological polar surface area (TPSA) is 102 Å². The van der Waals surface area contributed by atoms with Crippen LogP contribution in [0.25, 0.3) is 0 Å². The number of rotatable bonds is 19. The van der Waals surface area contributed by atoms with Crippen LogP contribution in [0, 0.1) is 0 Å². The van der Waals surface area contributed by atoms with Crippen molar-refractivity contribution in [3.05, 3.63) is 0 Å². The molecule has 0 radical (unpaired) electrons. The minimum Gasteiger partial charge on any atom is -0.394 e. The first-order chi connectivity index (χ1) is 13.6. The van der Waals surface area contributed by atoms with E-state index in [9.17, 15) is 10.2 Å². The third-order valence-corrected chi connectivity index (χ3v) is 9.43. The zero-order valence-electron chi connectivity index (χ0n) is 17.3. The van der Waals surface area contributed by atoms with Gasteiger partial charge in [-0.2, -0.15) is 0 Å². The molecule has 2 aliphatic heterocycles. The van der Waals surface area contributed by atoms with Crippen molar-refractivity contribution in [1.82, 2.24) is 0 Å². The second kappa shape index (κ2) is 13.3. The molecule has 0 bridgehead atoms. The first-order valence-corrected chi connectivity index (χ1v) is 12.7. The van der Waals surface area contributed by atoms with Crippen LogP contribution in [0.1, 0.15) is 33.1 Å². The summed E-state index contributed by atoms with van der Waals surface area (Å²) in [6.45, 7) is 8.67. The van der Waals surface area contributed by atoms with Crippen LogP contribution in [-0.4, -0.2) is 96.5 Å². The molecule has 2 N–H and O–H groups in total. The molecule has 166 valence electrons. The van der Waals surface area contributed by atoms with Crippen molar-refractivity contribution in [3.8, 4) is 0 Å². The maximum atomic E-state index is 10.6. The van der Waals surface area contributed by atoms with Gasteiger partial charge in [-0.1, -0.05) is 0 Å². The van der Waals surface area contributed by atoms with Gasteiger partial charge in [-0.15, -0.1) is 0 Å². The lowest BCUT2D eigenvalue weighted by atomic mass is 10.1. The molecule has 0 aromatic rings. The summed E-state index contributed by atoms with van der Waals surface area (Å²) in [5, 5.41) is 20.2. The van der Waals surface area contributed by atoms with Crippen LogP contribution < -0.4 is 0 Å². The second-order valence-corrected chi connectivity index (χ2v) is 10.8. The fraction of sp³-hybridized carbons (Fsp3) is 1.00. The normalized spacial score (nSPS) is 23.6. The Hall–Kier alpha value is -0.103. The lowest BCUT2D eigenvalue weighted by molar-refractivity contribution is 0.0544. The van der Waals surface area contributed by atoms with Crippen LogP contribution in [0.2, 0.25) is 11.6 Å². The van der Waals surface area contributed by atoms with Gasteiger partial charge in [0.1, 0.15) is 12.2 Å². The van der Waals surface area contributed by atoms with Crippen LogP contribution >= 0.6 is 0 Å². The molecule has 8 nitrogen and oxygen atoms in total. The Bertz CT molecular complexity index is 399. The Morgan fingerprint density at radius 3 is 1.96 bits per heavy atom. The van der Waals surface area contributed by atoms with Gasteiger partial charge in [-0.25, -0.2) is 0 Å². The van der Waals surface area contributed by atoms with Crippen molar-refractivity contribution in [2.75, 3.05) is 59.5 Å². The highest BCUT2D eigenvalue weighted by Gasteiger charge is 2.48. The van der Waals surface area contributed by atoms with E-state index in [1.807, 2.05) is 13.8 Å². The van der Waals surface area contributed by atoms with Crippen LogP contribution in [0.4, 0.5) is 0 Å². The number of epoxide rings is 2. The molecular weight excluding hydrogens is 384 g/mol. The summed E-state index contributed by atoms with van der Waals surface area (Å²) < 4.78 is 34.0. The molecule has 0 aromatic heterocycles. The largest absolute Gasteiger partial charge is 0.394 e. The summed E-state index contributed by atoms with van der Waals surface area (Å²) >= 11 is 0. The SMILES string of the molecule is CCO[Si](CCCOCC1CO1)(OCC)C(CCCOCC1CO1)C(O)CO. The van der Waals surface area contributed by atoms with Crippen LogP contribution in [0.5, 0.6) is 0 Å². The van der Waals surface area contributed by atoms with Gasteiger partial charge in [0.05, 0.1) is 39.1 Å². The van der Waals surface area contributed by atoms with Gasteiger partial charge in [0, 0.05) is 32.0 Å². The van der Waals surface area contributed by atoms with Crippen LogP contribution in [0.3, 0.4) is 0 Å². The van der Waals surface area contributed by atoms with Crippen LogP contribution in [0.15, 0.2) is 0 Å². The Labute approximate surface area is 169 Å². The van der Waals surface area contributed by atoms with Gasteiger partial charge in [0.15, 0.2) is 0 Å². The third kappa shape index (κ3) is 8.72. The molecule has 2 heterocycles. The highest BCUT2D eigenvalue weighted by molar-refractivity contribution is 6.69. The van der Waals surface area contributed by atoms with Gasteiger partial charge in [-0.05, 0) is 39.2 Å². The van der Waals surface area contributed by atoms with Crippen molar-refractivity contribution in [2.45, 2.75) is 63.0 Å². The predicted molar refractivity (Wildman–Crippen MR) is 106 cm³/mol. The summed E-state index contributed by atoms with van der Waals surface area (Å²) in [5.41, 5.74) is -0.218. The standard InChI is InChI=1S/C19H38O8Si/c1-3-26-28(27-4-2,10-6-9-23-13-17-15-25-17)19(18(21)11-20)7-5-8-22-12-16-14-24-16/h16-21H,3-15H2,1-2H3. The fourth-order valence-electron chi connectivity index (χ4n) is 3.49. The summed E-state index contributed by atoms with van der Waals surface area (Å²) in [5.74, 6) is 0. The van der Waals surface area contributed by atoms with Gasteiger partial charge in [0.2, 0.25) is 0 Å². The van der Waals surface area contributed by atoms with E-state index in [-0.39, 0.29) is 24.4 Å². The molecular formula is C19H38O8Si. The molecule has 0 saturated carbocycles. The molecule has 2 saturated heterocycles. The quantitative estimate of drug-likeness (QED) is 0.182. The fourth-order valence-corrected chi connectivity index (χ4v) is 7.61. The maximum Gasteiger partial charge on any atom is 0.344 e. The summed E-state index contributed by atoms with van der Waals surface area (Å²) in [7, 11) is -2.74. The monoisotopic (exact) mass is 422 g/mol. The zero-order valence-corrected chi connectivity index (χ0v) is 18.3. The molecule has 28 heavy (non-hydrogen) atoms. The van der Waals surface area contributed by atoms with Crippen molar-refractivity contribution < 1.29 is 38.0 Å². The average Bonchev–Trinajstić information content (AvgIpc) is 3.59. The van der Waals surface area contributed by atoms with Gasteiger partial charge in [-0.3, -0.25) is 0 Å². The molecule has 4 unspecified atom stereocenters. The Kier molecular flexibility index (Phi) is 11.4. The Balaban J connectivity index is 1.88. The predicted octanol–water partition coefficient (Wildman–Crippen LogP) is 1.23. The summed E-state index contributed by atoms with van der Waals surface area (Å²) in [4.78, 5) is 0. The van der Waals surface area contributed by atoms with E-state index in [1.54, 1.807) is 0 Å². The number of hydrogen-bond acceptors (Lipinski definition) is 8. The average molecular weight is 423 g/mol. The highest BCUT2D eigenvalue weighted by Crippen LogP contribution is 2.36. The third-order valence-electron chi connectivity index (χ3n) is 5.02. The second-order valence-electron chi connectivity index (χ2n) is 7.34. The maximum absolute atomic E-state index is 10.6. The van der Waals surface area contributed by atoms with Crippen molar-refractivity contribution in [1.29, 1.82) is 0 Å². The molecule has 0 spiro atoms. The van der Waals surface area contributed by atoms with Crippen LogP contribution in [-0.2, 0) is 27.8 Å². The van der Waals surface area contributed by atoms with E-state index in [1.165, 1.54) is 0 Å². The molecule has 9 heteroatoms. The first kappa shape index (κ1) is 24.2. The minimum atomic E-state index is -2.74. The van der Waals surface area contributed by atoms with E-state index in [0.717, 1.165) is 32.1 Å². The minimum absolute atomic E-state index is 0.218. The first-order valence-electron chi connectivity index (χ1n) is 10.6. The highest BCUT2D eigenvalue weighted by atomic mass is 28.4. The molecule has 0 amide bonds. The molecule has 4 atom stereocenters. The Morgan fingerprint density at radius 2 is 1.50 bits per heavy atom. The smallest absolute Gasteiger partial charge is 0.344 e. The van der Waals surface area contributed by atoms with Crippen molar-refractivity contribution in [3.63, 3.8) is 0 Å². The van der Waals surface area contributed by atoms with E-state index in [2.05, 4.69) is 0 Å². The molecule has 2 rings (SSSR count). The molecule has 0 aliphatic carbocycles. The summed E-state index contributed by atoms with van der Waals surface area (Å²) in [6.07, 6.45) is 1.90. The van der Waals surface area contributed by atoms with Gasteiger partial charge in [0.25, 0.3) is 0 Å². The number of aliphatic hydroxyl groups excluding tert-OH is 2. The molecule has 2 fully saturated rings. The molecule has 0 aromatic carbocycles. The number of hydrogen-bond donors (Lipinski definition) is 2. The van der Waals surface area contributed by atoms with E-state index in [4.69, 9.17) is 27.8 Å².